The van der Waals surface area contributed by atoms with Gasteiger partial charge in [-0.25, -0.2) is 4.39 Å². The standard InChI is InChI=1S/C11H14FNO/c1-9-5-3-4-6-10(9)11(14)13(2)8-7-12/h3-6H,7-8H2,1-2H3. The normalized spacial score (nSPS) is 9.93. The Morgan fingerprint density at radius 3 is 2.64 bits per heavy atom. The summed E-state index contributed by atoms with van der Waals surface area (Å²) in [6, 6.07) is 7.31. The summed E-state index contributed by atoms with van der Waals surface area (Å²) in [5.74, 6) is -0.124. The van der Waals surface area contributed by atoms with Crippen molar-refractivity contribution in [1.82, 2.24) is 4.90 Å². The highest BCUT2D eigenvalue weighted by atomic mass is 19.1. The first kappa shape index (κ1) is 10.7. The first-order chi connectivity index (χ1) is 6.66. The van der Waals surface area contributed by atoms with Crippen molar-refractivity contribution in [3.8, 4) is 0 Å². The Bertz CT molecular complexity index is 325. The Kier molecular flexibility index (Phi) is 3.63. The molecular weight excluding hydrogens is 181 g/mol. The fourth-order valence-corrected chi connectivity index (χ4v) is 1.25. The molecule has 0 spiro atoms. The van der Waals surface area contributed by atoms with Gasteiger partial charge in [-0.2, -0.15) is 0 Å². The van der Waals surface area contributed by atoms with Gasteiger partial charge in [-0.05, 0) is 18.6 Å². The van der Waals surface area contributed by atoms with E-state index < -0.39 is 6.67 Å². The molecule has 1 aromatic rings. The molecule has 14 heavy (non-hydrogen) atoms. The predicted octanol–water partition coefficient (Wildman–Crippen LogP) is 2.04. The summed E-state index contributed by atoms with van der Waals surface area (Å²) < 4.78 is 12.0. The number of nitrogens with zero attached hydrogens (tertiary/aromatic N) is 1. The monoisotopic (exact) mass is 195 g/mol. The molecule has 0 heterocycles. The molecule has 0 N–H and O–H groups in total. The number of amides is 1. The minimum absolute atomic E-state index is 0.124. The summed E-state index contributed by atoms with van der Waals surface area (Å²) in [4.78, 5) is 13.1. The summed E-state index contributed by atoms with van der Waals surface area (Å²) in [6.07, 6.45) is 0. The van der Waals surface area contributed by atoms with Crippen molar-refractivity contribution in [1.29, 1.82) is 0 Å². The van der Waals surface area contributed by atoms with Crippen LogP contribution in [0.15, 0.2) is 24.3 Å². The second-order valence-corrected chi connectivity index (χ2v) is 3.23. The van der Waals surface area contributed by atoms with Crippen molar-refractivity contribution in [3.63, 3.8) is 0 Å². The van der Waals surface area contributed by atoms with E-state index in [1.54, 1.807) is 13.1 Å². The van der Waals surface area contributed by atoms with E-state index in [1.807, 2.05) is 25.1 Å². The highest BCUT2D eigenvalue weighted by molar-refractivity contribution is 5.95. The second-order valence-electron chi connectivity index (χ2n) is 3.23. The molecule has 1 aromatic carbocycles. The zero-order chi connectivity index (χ0) is 10.6. The summed E-state index contributed by atoms with van der Waals surface area (Å²) in [7, 11) is 1.61. The number of carbonyl (C=O) groups is 1. The topological polar surface area (TPSA) is 20.3 Å². The molecule has 2 nitrogen and oxygen atoms in total. The zero-order valence-corrected chi connectivity index (χ0v) is 8.46. The van der Waals surface area contributed by atoms with Crippen molar-refractivity contribution in [3.05, 3.63) is 35.4 Å². The number of hydrogen-bond donors (Lipinski definition) is 0. The molecule has 0 aliphatic heterocycles. The van der Waals surface area contributed by atoms with Crippen LogP contribution in [-0.4, -0.2) is 31.1 Å². The molecule has 0 saturated carbocycles. The van der Waals surface area contributed by atoms with Crippen LogP contribution in [0.2, 0.25) is 0 Å². The number of carbonyl (C=O) groups excluding carboxylic acids is 1. The van der Waals surface area contributed by atoms with Gasteiger partial charge < -0.3 is 4.90 Å². The van der Waals surface area contributed by atoms with Gasteiger partial charge in [0.1, 0.15) is 6.67 Å². The molecule has 0 saturated heterocycles. The SMILES string of the molecule is Cc1ccccc1C(=O)N(C)CCF. The van der Waals surface area contributed by atoms with E-state index >= 15 is 0 Å². The molecule has 1 rings (SSSR count). The smallest absolute Gasteiger partial charge is 0.253 e. The van der Waals surface area contributed by atoms with E-state index in [9.17, 15) is 9.18 Å². The van der Waals surface area contributed by atoms with Crippen LogP contribution >= 0.6 is 0 Å². The molecule has 0 bridgehead atoms. The number of rotatable bonds is 3. The molecule has 76 valence electrons. The van der Waals surface area contributed by atoms with Crippen LogP contribution in [0.25, 0.3) is 0 Å². The maximum atomic E-state index is 12.0. The number of halogens is 1. The lowest BCUT2D eigenvalue weighted by molar-refractivity contribution is 0.0785. The second kappa shape index (κ2) is 4.74. The Balaban J connectivity index is 2.84. The maximum absolute atomic E-state index is 12.0. The van der Waals surface area contributed by atoms with E-state index in [2.05, 4.69) is 0 Å². The quantitative estimate of drug-likeness (QED) is 0.722. The minimum Gasteiger partial charge on any atom is -0.339 e. The highest BCUT2D eigenvalue weighted by Crippen LogP contribution is 2.09. The molecule has 0 fully saturated rings. The third-order valence-electron chi connectivity index (χ3n) is 2.14. The van der Waals surface area contributed by atoms with Crippen molar-refractivity contribution in [2.24, 2.45) is 0 Å². The lowest BCUT2D eigenvalue weighted by Gasteiger charge is -2.16. The first-order valence-electron chi connectivity index (χ1n) is 4.54. The molecule has 0 aromatic heterocycles. The van der Waals surface area contributed by atoms with E-state index in [-0.39, 0.29) is 12.5 Å². The Morgan fingerprint density at radius 2 is 2.07 bits per heavy atom. The van der Waals surface area contributed by atoms with Crippen LogP contribution in [0, 0.1) is 6.92 Å². The molecule has 0 aliphatic rings. The van der Waals surface area contributed by atoms with Crippen LogP contribution in [0.3, 0.4) is 0 Å². The van der Waals surface area contributed by atoms with Crippen LogP contribution < -0.4 is 0 Å². The van der Waals surface area contributed by atoms with Gasteiger partial charge >= 0.3 is 0 Å². The molecule has 0 aliphatic carbocycles. The highest BCUT2D eigenvalue weighted by Gasteiger charge is 2.12. The maximum Gasteiger partial charge on any atom is 0.253 e. The lowest BCUT2D eigenvalue weighted by atomic mass is 10.1. The van der Waals surface area contributed by atoms with Gasteiger partial charge in [0.05, 0.1) is 0 Å². The summed E-state index contributed by atoms with van der Waals surface area (Å²) in [6.45, 7) is 1.51. The number of alkyl halides is 1. The van der Waals surface area contributed by atoms with Crippen LogP contribution in [-0.2, 0) is 0 Å². The van der Waals surface area contributed by atoms with Gasteiger partial charge in [-0.1, -0.05) is 18.2 Å². The Labute approximate surface area is 83.3 Å². The minimum atomic E-state index is -0.506. The van der Waals surface area contributed by atoms with Crippen LogP contribution in [0.1, 0.15) is 15.9 Å². The van der Waals surface area contributed by atoms with Gasteiger partial charge in [-0.15, -0.1) is 0 Å². The van der Waals surface area contributed by atoms with Gasteiger partial charge in [0.2, 0.25) is 0 Å². The average Bonchev–Trinajstić information content (AvgIpc) is 2.18. The lowest BCUT2D eigenvalue weighted by Crippen LogP contribution is -2.29. The molecule has 0 radical (unpaired) electrons. The summed E-state index contributed by atoms with van der Waals surface area (Å²) in [5, 5.41) is 0. The molecular formula is C11H14FNO. The van der Waals surface area contributed by atoms with Crippen molar-refractivity contribution >= 4 is 5.91 Å². The number of aryl methyl sites for hydroxylation is 1. The zero-order valence-electron chi connectivity index (χ0n) is 8.46. The van der Waals surface area contributed by atoms with Crippen LogP contribution in [0.4, 0.5) is 4.39 Å². The predicted molar refractivity (Wildman–Crippen MR) is 54.1 cm³/mol. The molecule has 0 unspecified atom stereocenters. The van der Waals surface area contributed by atoms with E-state index in [4.69, 9.17) is 0 Å². The molecule has 1 amide bonds. The van der Waals surface area contributed by atoms with E-state index in [1.165, 1.54) is 4.90 Å². The van der Waals surface area contributed by atoms with Crippen LogP contribution in [0.5, 0.6) is 0 Å². The molecule has 0 atom stereocenters. The Morgan fingerprint density at radius 1 is 1.43 bits per heavy atom. The fourth-order valence-electron chi connectivity index (χ4n) is 1.25. The van der Waals surface area contributed by atoms with Crippen molar-refractivity contribution in [2.75, 3.05) is 20.3 Å². The largest absolute Gasteiger partial charge is 0.339 e. The van der Waals surface area contributed by atoms with Gasteiger partial charge in [-0.3, -0.25) is 4.79 Å². The summed E-state index contributed by atoms with van der Waals surface area (Å²) >= 11 is 0. The van der Waals surface area contributed by atoms with Crippen molar-refractivity contribution in [2.45, 2.75) is 6.92 Å². The average molecular weight is 195 g/mol. The van der Waals surface area contributed by atoms with E-state index in [0.717, 1.165) is 5.56 Å². The van der Waals surface area contributed by atoms with Gasteiger partial charge in [0, 0.05) is 19.2 Å². The van der Waals surface area contributed by atoms with E-state index in [0.29, 0.717) is 5.56 Å². The molecule has 3 heteroatoms. The summed E-state index contributed by atoms with van der Waals surface area (Å²) in [5.41, 5.74) is 1.56. The van der Waals surface area contributed by atoms with Gasteiger partial charge in [0.25, 0.3) is 5.91 Å². The van der Waals surface area contributed by atoms with Gasteiger partial charge in [0.15, 0.2) is 0 Å². The van der Waals surface area contributed by atoms with Crippen molar-refractivity contribution < 1.29 is 9.18 Å². The number of hydrogen-bond acceptors (Lipinski definition) is 1. The third kappa shape index (κ3) is 2.31. The number of benzene rings is 1. The first-order valence-corrected chi connectivity index (χ1v) is 4.54. The third-order valence-corrected chi connectivity index (χ3v) is 2.14. The Hall–Kier alpha value is -1.38. The fraction of sp³-hybridized carbons (Fsp3) is 0.364.